The Morgan fingerprint density at radius 3 is 2.42 bits per heavy atom. The first-order chi connectivity index (χ1) is 8.79. The highest BCUT2D eigenvalue weighted by atomic mass is 19.4. The quantitative estimate of drug-likeness (QED) is 0.791. The molecule has 0 N–H and O–H groups in total. The molecule has 0 unspecified atom stereocenters. The molecule has 0 aromatic heterocycles. The van der Waals surface area contributed by atoms with E-state index < -0.39 is 24.7 Å². The van der Waals surface area contributed by atoms with Gasteiger partial charge in [-0.2, -0.15) is 13.2 Å². The Morgan fingerprint density at radius 1 is 1.37 bits per heavy atom. The lowest BCUT2D eigenvalue weighted by Gasteiger charge is -2.33. The van der Waals surface area contributed by atoms with Gasteiger partial charge in [-0.15, -0.1) is 0 Å². The Labute approximate surface area is 111 Å². The Balaban J connectivity index is 2.09. The normalized spacial score (nSPS) is 29.3. The van der Waals surface area contributed by atoms with Gasteiger partial charge < -0.3 is 9.64 Å². The van der Waals surface area contributed by atoms with E-state index in [0.717, 1.165) is 24.2 Å². The summed E-state index contributed by atoms with van der Waals surface area (Å²) in [5, 5.41) is 0. The third-order valence-corrected chi connectivity index (χ3v) is 4.06. The van der Waals surface area contributed by atoms with Crippen LogP contribution < -0.4 is 0 Å². The molecule has 0 bridgehead atoms. The van der Waals surface area contributed by atoms with Gasteiger partial charge in [-0.25, -0.2) is 0 Å². The van der Waals surface area contributed by atoms with E-state index in [2.05, 4.69) is 0 Å². The summed E-state index contributed by atoms with van der Waals surface area (Å²) in [6.45, 7) is 2.84. The second-order valence-electron chi connectivity index (χ2n) is 5.72. The molecule has 2 fully saturated rings. The van der Waals surface area contributed by atoms with Gasteiger partial charge in [0.15, 0.2) is 0 Å². The fourth-order valence-corrected chi connectivity index (χ4v) is 2.62. The third-order valence-electron chi connectivity index (χ3n) is 4.06. The van der Waals surface area contributed by atoms with E-state index in [1.165, 1.54) is 0 Å². The first-order valence-corrected chi connectivity index (χ1v) is 6.78. The average molecular weight is 279 g/mol. The summed E-state index contributed by atoms with van der Waals surface area (Å²) in [7, 11) is 0. The maximum atomic E-state index is 12.7. The Morgan fingerprint density at radius 2 is 2.00 bits per heavy atom. The summed E-state index contributed by atoms with van der Waals surface area (Å²) in [4.78, 5) is 13.3. The van der Waals surface area contributed by atoms with Gasteiger partial charge in [0.2, 0.25) is 0 Å². The zero-order valence-electron chi connectivity index (χ0n) is 11.2. The first-order valence-electron chi connectivity index (χ1n) is 6.78. The number of amides is 1. The lowest BCUT2D eigenvalue weighted by molar-refractivity contribution is -0.172. The molecule has 1 heterocycles. The molecule has 1 amide bonds. The second kappa shape index (κ2) is 5.31. The molecule has 0 aromatic carbocycles. The zero-order valence-corrected chi connectivity index (χ0v) is 11.2. The van der Waals surface area contributed by atoms with Crippen LogP contribution in [0.5, 0.6) is 0 Å². The molecule has 110 valence electrons. The van der Waals surface area contributed by atoms with Gasteiger partial charge in [0.25, 0.3) is 5.91 Å². The van der Waals surface area contributed by atoms with E-state index in [1.807, 2.05) is 6.92 Å². The zero-order chi connectivity index (χ0) is 14.2. The van der Waals surface area contributed by atoms with Crippen molar-refractivity contribution < 1.29 is 22.7 Å². The molecule has 3 atom stereocenters. The molecule has 1 aliphatic heterocycles. The molecule has 1 aliphatic carbocycles. The van der Waals surface area contributed by atoms with Crippen LogP contribution in [0, 0.1) is 11.8 Å². The van der Waals surface area contributed by atoms with E-state index >= 15 is 0 Å². The number of hydrogen-bond acceptors (Lipinski definition) is 2. The van der Waals surface area contributed by atoms with E-state index in [9.17, 15) is 18.0 Å². The third kappa shape index (κ3) is 3.61. The molecule has 19 heavy (non-hydrogen) atoms. The fourth-order valence-electron chi connectivity index (χ4n) is 2.62. The number of carbonyl (C=O) groups excluding carboxylic acids is 1. The van der Waals surface area contributed by atoms with Crippen LogP contribution in [0.25, 0.3) is 0 Å². The first kappa shape index (κ1) is 14.6. The maximum absolute atomic E-state index is 12.7. The van der Waals surface area contributed by atoms with Crippen molar-refractivity contribution in [1.29, 1.82) is 0 Å². The summed E-state index contributed by atoms with van der Waals surface area (Å²) in [6, 6.07) is -0.356. The fraction of sp³-hybridized carbons (Fsp3) is 0.923. The predicted octanol–water partition coefficient (Wildman–Crippen LogP) is 2.60. The minimum Gasteiger partial charge on any atom is -0.368 e. The summed E-state index contributed by atoms with van der Waals surface area (Å²) in [5.41, 5.74) is 0. The van der Waals surface area contributed by atoms with Crippen molar-refractivity contribution in [3.63, 3.8) is 0 Å². The number of halogens is 3. The molecule has 3 nitrogen and oxygen atoms in total. The van der Waals surface area contributed by atoms with Gasteiger partial charge in [0, 0.05) is 12.6 Å². The van der Waals surface area contributed by atoms with Crippen LogP contribution in [0.15, 0.2) is 0 Å². The van der Waals surface area contributed by atoms with Gasteiger partial charge in [-0.05, 0) is 38.0 Å². The molecule has 1 saturated carbocycles. The maximum Gasteiger partial charge on any atom is 0.406 e. The Bertz CT molecular complexity index is 341. The number of carbonyl (C=O) groups is 1. The van der Waals surface area contributed by atoms with Gasteiger partial charge in [-0.1, -0.05) is 6.92 Å². The van der Waals surface area contributed by atoms with E-state index in [-0.39, 0.29) is 17.9 Å². The molecular formula is C13H20F3NO2. The Kier molecular flexibility index (Phi) is 4.08. The van der Waals surface area contributed by atoms with Gasteiger partial charge >= 0.3 is 6.18 Å². The number of rotatable bonds is 4. The van der Waals surface area contributed by atoms with Crippen molar-refractivity contribution in [3.8, 4) is 0 Å². The van der Waals surface area contributed by atoms with Crippen molar-refractivity contribution in [2.75, 3.05) is 13.2 Å². The minimum absolute atomic E-state index is 0.00497. The van der Waals surface area contributed by atoms with Crippen LogP contribution in [0.1, 0.15) is 33.1 Å². The number of alkyl halides is 3. The van der Waals surface area contributed by atoms with Crippen LogP contribution in [0.4, 0.5) is 13.2 Å². The average Bonchev–Trinajstić information content (AvgIpc) is 3.06. The number of nitrogens with zero attached hydrogens (tertiary/aromatic N) is 1. The van der Waals surface area contributed by atoms with Gasteiger partial charge in [0.1, 0.15) is 12.6 Å². The number of ether oxygens (including phenoxy) is 1. The minimum atomic E-state index is -4.36. The van der Waals surface area contributed by atoms with Crippen LogP contribution in [0.3, 0.4) is 0 Å². The van der Waals surface area contributed by atoms with Crippen molar-refractivity contribution in [1.82, 2.24) is 4.90 Å². The van der Waals surface area contributed by atoms with Gasteiger partial charge in [-0.3, -0.25) is 4.79 Å². The SMILES string of the molecule is C[C@@H]1CCO[C@H]1C(=O)N(CC(F)(F)F)[C@@H](C)C1CC1. The van der Waals surface area contributed by atoms with E-state index in [0.29, 0.717) is 6.61 Å². The Hall–Kier alpha value is -0.780. The highest BCUT2D eigenvalue weighted by molar-refractivity contribution is 5.82. The lowest BCUT2D eigenvalue weighted by atomic mass is 10.0. The van der Waals surface area contributed by atoms with Crippen LogP contribution in [-0.4, -0.2) is 42.3 Å². The van der Waals surface area contributed by atoms with Crippen molar-refractivity contribution >= 4 is 5.91 Å². The van der Waals surface area contributed by atoms with Crippen molar-refractivity contribution in [2.45, 2.75) is 51.4 Å². The predicted molar refractivity (Wildman–Crippen MR) is 63.5 cm³/mol. The number of hydrogen-bond donors (Lipinski definition) is 0. The molecule has 1 saturated heterocycles. The van der Waals surface area contributed by atoms with Crippen molar-refractivity contribution in [2.24, 2.45) is 11.8 Å². The largest absolute Gasteiger partial charge is 0.406 e. The topological polar surface area (TPSA) is 29.5 Å². The standard InChI is InChI=1S/C13H20F3NO2/c1-8-5-6-19-11(8)12(18)17(7-13(14,15)16)9(2)10-3-4-10/h8-11H,3-7H2,1-2H3/t8-,9+,11-/m1/s1. The molecule has 0 spiro atoms. The molecule has 0 aromatic rings. The molecule has 6 heteroatoms. The van der Waals surface area contributed by atoms with E-state index in [1.54, 1.807) is 6.92 Å². The van der Waals surface area contributed by atoms with E-state index in [4.69, 9.17) is 4.74 Å². The second-order valence-corrected chi connectivity index (χ2v) is 5.72. The highest BCUT2D eigenvalue weighted by Gasteiger charge is 2.44. The lowest BCUT2D eigenvalue weighted by Crippen LogP contribution is -2.50. The van der Waals surface area contributed by atoms with Gasteiger partial charge in [0.05, 0.1) is 0 Å². The smallest absolute Gasteiger partial charge is 0.368 e. The highest BCUT2D eigenvalue weighted by Crippen LogP contribution is 2.37. The summed E-state index contributed by atoms with van der Waals surface area (Å²) >= 11 is 0. The molecular weight excluding hydrogens is 259 g/mol. The molecule has 2 aliphatic rings. The molecule has 2 rings (SSSR count). The summed E-state index contributed by atoms with van der Waals surface area (Å²) in [5.74, 6) is -0.292. The van der Waals surface area contributed by atoms with Crippen LogP contribution in [-0.2, 0) is 9.53 Å². The summed E-state index contributed by atoms with van der Waals surface area (Å²) < 4.78 is 43.3. The van der Waals surface area contributed by atoms with Crippen molar-refractivity contribution in [3.05, 3.63) is 0 Å². The van der Waals surface area contributed by atoms with Crippen LogP contribution in [0.2, 0.25) is 0 Å². The summed E-state index contributed by atoms with van der Waals surface area (Å²) in [6.07, 6.45) is -2.52. The van der Waals surface area contributed by atoms with Crippen LogP contribution >= 0.6 is 0 Å². The molecule has 0 radical (unpaired) electrons. The monoisotopic (exact) mass is 279 g/mol.